The Morgan fingerprint density at radius 2 is 2.21 bits per heavy atom. The second-order valence-corrected chi connectivity index (χ2v) is 4.88. The first-order valence-electron chi connectivity index (χ1n) is 5.22. The lowest BCUT2D eigenvalue weighted by atomic mass is 9.84. The molecule has 0 aromatic heterocycles. The van der Waals surface area contributed by atoms with Crippen molar-refractivity contribution in [1.29, 1.82) is 0 Å². The summed E-state index contributed by atoms with van der Waals surface area (Å²) in [7, 11) is 0. The van der Waals surface area contributed by atoms with Crippen LogP contribution in [0.1, 0.15) is 33.1 Å². The number of amides is 2. The van der Waals surface area contributed by atoms with E-state index in [-0.39, 0.29) is 11.4 Å². The van der Waals surface area contributed by atoms with Crippen LogP contribution in [-0.2, 0) is 0 Å². The van der Waals surface area contributed by atoms with Gasteiger partial charge in [-0.05, 0) is 31.2 Å². The maximum atomic E-state index is 10.9. The Balaban J connectivity index is 2.29. The third-order valence-electron chi connectivity index (χ3n) is 3.13. The molecule has 1 heterocycles. The van der Waals surface area contributed by atoms with E-state index in [1.54, 1.807) is 4.90 Å². The number of carbonyl (C=O) groups excluding carboxylic acids is 1. The first kappa shape index (κ1) is 11.3. The van der Waals surface area contributed by atoms with Gasteiger partial charge in [-0.1, -0.05) is 13.8 Å². The van der Waals surface area contributed by atoms with Crippen LogP contribution in [0.2, 0.25) is 0 Å². The molecule has 1 fully saturated rings. The molecule has 1 rings (SSSR count). The number of nitrogens with two attached hydrogens (primary N) is 2. The van der Waals surface area contributed by atoms with Gasteiger partial charge >= 0.3 is 6.03 Å². The van der Waals surface area contributed by atoms with E-state index in [0.29, 0.717) is 12.6 Å². The van der Waals surface area contributed by atoms with Crippen LogP contribution in [0.3, 0.4) is 0 Å². The zero-order chi connectivity index (χ0) is 10.8. The summed E-state index contributed by atoms with van der Waals surface area (Å²) in [6.45, 7) is 5.82. The summed E-state index contributed by atoms with van der Waals surface area (Å²) < 4.78 is 0. The quantitative estimate of drug-likeness (QED) is 0.706. The van der Waals surface area contributed by atoms with Gasteiger partial charge in [-0.25, -0.2) is 4.79 Å². The van der Waals surface area contributed by atoms with Crippen molar-refractivity contribution in [2.24, 2.45) is 16.9 Å². The molecule has 0 spiro atoms. The number of likely N-dealkylation sites (tertiary alicyclic amines) is 1. The normalized spacial score (nSPS) is 21.9. The Morgan fingerprint density at radius 3 is 2.57 bits per heavy atom. The fourth-order valence-electron chi connectivity index (χ4n) is 1.69. The molecule has 0 aromatic carbocycles. The van der Waals surface area contributed by atoms with Crippen LogP contribution in [0.25, 0.3) is 0 Å². The van der Waals surface area contributed by atoms with Crippen LogP contribution in [0.15, 0.2) is 0 Å². The number of nitrogens with zero attached hydrogens (tertiary/aromatic N) is 1. The van der Waals surface area contributed by atoms with E-state index in [1.165, 1.54) is 0 Å². The monoisotopic (exact) mass is 199 g/mol. The highest BCUT2D eigenvalue weighted by molar-refractivity contribution is 5.73. The third kappa shape index (κ3) is 2.61. The van der Waals surface area contributed by atoms with Gasteiger partial charge in [0.15, 0.2) is 0 Å². The number of rotatable bonds is 4. The van der Waals surface area contributed by atoms with Crippen molar-refractivity contribution in [1.82, 2.24) is 4.90 Å². The van der Waals surface area contributed by atoms with Gasteiger partial charge in [0, 0.05) is 12.6 Å². The Morgan fingerprint density at radius 1 is 1.57 bits per heavy atom. The summed E-state index contributed by atoms with van der Waals surface area (Å²) in [4.78, 5) is 12.7. The SMILES string of the molecule is CC(C)(CN)CCC1CCN1C(N)=O. The standard InChI is InChI=1S/C10H21N3O/c1-10(2,7-11)5-3-8-4-6-13(8)9(12)14/h8H,3-7,11H2,1-2H3,(H2,12,14). The van der Waals surface area contributed by atoms with E-state index in [4.69, 9.17) is 11.5 Å². The van der Waals surface area contributed by atoms with Crippen molar-refractivity contribution in [3.8, 4) is 0 Å². The van der Waals surface area contributed by atoms with Crippen LogP contribution >= 0.6 is 0 Å². The van der Waals surface area contributed by atoms with Gasteiger partial charge in [-0.2, -0.15) is 0 Å². The summed E-state index contributed by atoms with van der Waals surface area (Å²) in [5.41, 5.74) is 11.0. The van der Waals surface area contributed by atoms with Crippen molar-refractivity contribution < 1.29 is 4.79 Å². The maximum absolute atomic E-state index is 10.9. The predicted molar refractivity (Wildman–Crippen MR) is 56.8 cm³/mol. The summed E-state index contributed by atoms with van der Waals surface area (Å²) >= 11 is 0. The minimum Gasteiger partial charge on any atom is -0.351 e. The summed E-state index contributed by atoms with van der Waals surface area (Å²) in [5, 5.41) is 0. The number of carbonyl (C=O) groups is 1. The summed E-state index contributed by atoms with van der Waals surface area (Å²) in [6, 6.07) is 0.0742. The molecule has 4 N–H and O–H groups in total. The van der Waals surface area contributed by atoms with Gasteiger partial charge in [-0.3, -0.25) is 0 Å². The van der Waals surface area contributed by atoms with Gasteiger partial charge in [0.1, 0.15) is 0 Å². The fraction of sp³-hybridized carbons (Fsp3) is 0.900. The molecule has 1 saturated heterocycles. The van der Waals surface area contributed by atoms with Gasteiger partial charge in [0.25, 0.3) is 0 Å². The zero-order valence-electron chi connectivity index (χ0n) is 9.12. The van der Waals surface area contributed by atoms with Crippen LogP contribution < -0.4 is 11.5 Å². The van der Waals surface area contributed by atoms with E-state index >= 15 is 0 Å². The molecule has 14 heavy (non-hydrogen) atoms. The van der Waals surface area contributed by atoms with Gasteiger partial charge < -0.3 is 16.4 Å². The molecule has 1 aliphatic heterocycles. The first-order chi connectivity index (χ1) is 6.46. The van der Waals surface area contributed by atoms with Crippen LogP contribution in [0, 0.1) is 5.41 Å². The minimum atomic E-state index is -0.285. The topological polar surface area (TPSA) is 72.3 Å². The second kappa shape index (κ2) is 4.17. The van der Waals surface area contributed by atoms with E-state index in [9.17, 15) is 4.79 Å². The largest absolute Gasteiger partial charge is 0.351 e. The highest BCUT2D eigenvalue weighted by Gasteiger charge is 2.31. The van der Waals surface area contributed by atoms with Gasteiger partial charge in [-0.15, -0.1) is 0 Å². The van der Waals surface area contributed by atoms with E-state index < -0.39 is 0 Å². The Hall–Kier alpha value is -0.770. The second-order valence-electron chi connectivity index (χ2n) is 4.88. The number of hydrogen-bond donors (Lipinski definition) is 2. The number of hydrogen-bond acceptors (Lipinski definition) is 2. The summed E-state index contributed by atoms with van der Waals surface area (Å²) in [6.07, 6.45) is 3.16. The average molecular weight is 199 g/mol. The smallest absolute Gasteiger partial charge is 0.315 e. The Kier molecular flexibility index (Phi) is 3.37. The molecule has 0 radical (unpaired) electrons. The highest BCUT2D eigenvalue weighted by Crippen LogP contribution is 2.27. The average Bonchev–Trinajstić information content (AvgIpc) is 2.01. The molecule has 1 aliphatic rings. The van der Waals surface area contributed by atoms with Crippen molar-refractivity contribution >= 4 is 6.03 Å². The molecular formula is C10H21N3O. The minimum absolute atomic E-state index is 0.179. The summed E-state index contributed by atoms with van der Waals surface area (Å²) in [5.74, 6) is 0. The number of urea groups is 1. The molecular weight excluding hydrogens is 178 g/mol. The molecule has 2 amide bonds. The molecule has 0 aliphatic carbocycles. The van der Waals surface area contributed by atoms with Crippen molar-refractivity contribution in [2.45, 2.75) is 39.2 Å². The lowest BCUT2D eigenvalue weighted by Crippen LogP contribution is -2.53. The van der Waals surface area contributed by atoms with E-state index in [2.05, 4.69) is 13.8 Å². The number of primary amides is 1. The fourth-order valence-corrected chi connectivity index (χ4v) is 1.69. The van der Waals surface area contributed by atoms with E-state index in [1.807, 2.05) is 0 Å². The lowest BCUT2D eigenvalue weighted by Gasteiger charge is -2.41. The Labute approximate surface area is 85.6 Å². The lowest BCUT2D eigenvalue weighted by molar-refractivity contribution is 0.106. The maximum Gasteiger partial charge on any atom is 0.315 e. The highest BCUT2D eigenvalue weighted by atomic mass is 16.2. The molecule has 1 atom stereocenters. The zero-order valence-corrected chi connectivity index (χ0v) is 9.12. The Bertz CT molecular complexity index is 215. The van der Waals surface area contributed by atoms with Gasteiger partial charge in [0.05, 0.1) is 0 Å². The molecule has 4 nitrogen and oxygen atoms in total. The molecule has 0 saturated carbocycles. The molecule has 82 valence electrons. The van der Waals surface area contributed by atoms with Crippen LogP contribution in [0.5, 0.6) is 0 Å². The van der Waals surface area contributed by atoms with Gasteiger partial charge in [0.2, 0.25) is 0 Å². The van der Waals surface area contributed by atoms with E-state index in [0.717, 1.165) is 25.8 Å². The van der Waals surface area contributed by atoms with Crippen molar-refractivity contribution in [3.05, 3.63) is 0 Å². The molecule has 4 heteroatoms. The predicted octanol–water partition coefficient (Wildman–Crippen LogP) is 0.904. The first-order valence-corrected chi connectivity index (χ1v) is 5.22. The van der Waals surface area contributed by atoms with Crippen LogP contribution in [-0.4, -0.2) is 30.1 Å². The third-order valence-corrected chi connectivity index (χ3v) is 3.13. The van der Waals surface area contributed by atoms with Crippen molar-refractivity contribution in [3.63, 3.8) is 0 Å². The van der Waals surface area contributed by atoms with Crippen molar-refractivity contribution in [2.75, 3.05) is 13.1 Å². The van der Waals surface area contributed by atoms with Crippen LogP contribution in [0.4, 0.5) is 4.79 Å². The molecule has 0 aromatic rings. The molecule has 0 bridgehead atoms. The molecule has 1 unspecified atom stereocenters.